The Morgan fingerprint density at radius 3 is 2.62 bits per heavy atom. The summed E-state index contributed by atoms with van der Waals surface area (Å²) in [6.07, 6.45) is 3.53. The predicted octanol–water partition coefficient (Wildman–Crippen LogP) is 3.56. The monoisotopic (exact) mass is 174 g/mol. The number of hydrogen-bond donors (Lipinski definition) is 1. The normalized spacial score (nSPS) is 11.4. The van der Waals surface area contributed by atoms with Crippen LogP contribution in [0.15, 0.2) is 30.5 Å². The number of aliphatic hydroxyl groups is 1. The summed E-state index contributed by atoms with van der Waals surface area (Å²) in [7, 11) is 0. The molecule has 13 heavy (non-hydrogen) atoms. The Hall–Kier alpha value is -1.50. The second kappa shape index (κ2) is 3.94. The van der Waals surface area contributed by atoms with Crippen LogP contribution in [-0.4, -0.2) is 5.11 Å². The first-order chi connectivity index (χ1) is 6.13. The standard InChI is InChI=1S/C12H14O/c1-4-11-6-5-9(2)7-12(11)8-10(3)13/h4-8,13H,1H2,2-3H3/b10-8+. The van der Waals surface area contributed by atoms with Gasteiger partial charge in [0.2, 0.25) is 0 Å². The molecule has 1 aromatic carbocycles. The quantitative estimate of drug-likeness (QED) is 0.680. The molecule has 0 radical (unpaired) electrons. The van der Waals surface area contributed by atoms with Gasteiger partial charge in [-0.25, -0.2) is 0 Å². The summed E-state index contributed by atoms with van der Waals surface area (Å²) >= 11 is 0. The molecule has 0 atom stereocenters. The van der Waals surface area contributed by atoms with Gasteiger partial charge in [-0.05, 0) is 31.1 Å². The maximum absolute atomic E-state index is 9.14. The fourth-order valence-electron chi connectivity index (χ4n) is 1.23. The Labute approximate surface area is 79.0 Å². The largest absolute Gasteiger partial charge is 0.513 e. The number of rotatable bonds is 2. The molecule has 0 bridgehead atoms. The van der Waals surface area contributed by atoms with E-state index in [0.29, 0.717) is 5.76 Å². The van der Waals surface area contributed by atoms with E-state index in [9.17, 15) is 0 Å². The lowest BCUT2D eigenvalue weighted by molar-refractivity contribution is 0.420. The molecule has 0 aliphatic heterocycles. The van der Waals surface area contributed by atoms with Crippen molar-refractivity contribution in [2.24, 2.45) is 0 Å². The molecule has 0 aliphatic rings. The number of aryl methyl sites for hydroxylation is 1. The molecule has 1 nitrogen and oxygen atoms in total. The van der Waals surface area contributed by atoms with Gasteiger partial charge in [-0.1, -0.05) is 36.4 Å². The highest BCUT2D eigenvalue weighted by Gasteiger charge is 1.96. The molecular weight excluding hydrogens is 160 g/mol. The second-order valence-corrected chi connectivity index (χ2v) is 3.12. The highest BCUT2D eigenvalue weighted by Crippen LogP contribution is 2.15. The molecule has 1 N–H and O–H groups in total. The van der Waals surface area contributed by atoms with E-state index in [1.54, 1.807) is 19.1 Å². The molecule has 1 heteroatoms. The summed E-state index contributed by atoms with van der Waals surface area (Å²) in [4.78, 5) is 0. The molecule has 1 aromatic rings. The Kier molecular flexibility index (Phi) is 2.91. The van der Waals surface area contributed by atoms with Crippen molar-refractivity contribution < 1.29 is 5.11 Å². The first kappa shape index (κ1) is 9.59. The molecule has 0 aromatic heterocycles. The number of aliphatic hydroxyl groups excluding tert-OH is 1. The molecule has 0 saturated heterocycles. The molecule has 0 amide bonds. The molecule has 0 heterocycles. The number of allylic oxidation sites excluding steroid dienone is 1. The lowest BCUT2D eigenvalue weighted by Gasteiger charge is -2.02. The van der Waals surface area contributed by atoms with E-state index in [0.717, 1.165) is 11.1 Å². The lowest BCUT2D eigenvalue weighted by Crippen LogP contribution is -1.83. The molecular formula is C12H14O. The zero-order chi connectivity index (χ0) is 9.84. The second-order valence-electron chi connectivity index (χ2n) is 3.12. The molecule has 0 unspecified atom stereocenters. The molecule has 0 spiro atoms. The number of benzene rings is 1. The maximum Gasteiger partial charge on any atom is 0.0897 e. The zero-order valence-corrected chi connectivity index (χ0v) is 8.04. The summed E-state index contributed by atoms with van der Waals surface area (Å²) < 4.78 is 0. The smallest absolute Gasteiger partial charge is 0.0897 e. The van der Waals surface area contributed by atoms with Crippen molar-refractivity contribution in [3.05, 3.63) is 47.2 Å². The Morgan fingerprint density at radius 1 is 1.38 bits per heavy atom. The van der Waals surface area contributed by atoms with E-state index in [-0.39, 0.29) is 0 Å². The third kappa shape index (κ3) is 2.48. The van der Waals surface area contributed by atoms with Crippen LogP contribution in [0, 0.1) is 6.92 Å². The fourth-order valence-corrected chi connectivity index (χ4v) is 1.23. The van der Waals surface area contributed by atoms with Crippen LogP contribution < -0.4 is 0 Å². The van der Waals surface area contributed by atoms with Gasteiger partial charge in [0.05, 0.1) is 5.76 Å². The van der Waals surface area contributed by atoms with Gasteiger partial charge in [0, 0.05) is 0 Å². The van der Waals surface area contributed by atoms with E-state index in [1.807, 2.05) is 25.1 Å². The van der Waals surface area contributed by atoms with E-state index >= 15 is 0 Å². The summed E-state index contributed by atoms with van der Waals surface area (Å²) in [6.45, 7) is 7.40. The topological polar surface area (TPSA) is 20.2 Å². The minimum absolute atomic E-state index is 0.314. The fraction of sp³-hybridized carbons (Fsp3) is 0.167. The SMILES string of the molecule is C=Cc1ccc(C)cc1/C=C(\C)O. The average molecular weight is 174 g/mol. The van der Waals surface area contributed by atoms with Crippen LogP contribution in [0.4, 0.5) is 0 Å². The van der Waals surface area contributed by atoms with Crippen molar-refractivity contribution in [2.45, 2.75) is 13.8 Å². The summed E-state index contributed by atoms with van der Waals surface area (Å²) in [5, 5.41) is 9.14. The van der Waals surface area contributed by atoms with Gasteiger partial charge in [0.15, 0.2) is 0 Å². The molecule has 0 saturated carbocycles. The summed E-state index contributed by atoms with van der Waals surface area (Å²) in [5.74, 6) is 0.314. The zero-order valence-electron chi connectivity index (χ0n) is 8.04. The van der Waals surface area contributed by atoms with Gasteiger partial charge in [-0.3, -0.25) is 0 Å². The van der Waals surface area contributed by atoms with Gasteiger partial charge in [-0.2, -0.15) is 0 Å². The molecule has 68 valence electrons. The maximum atomic E-state index is 9.14. The third-order valence-electron chi connectivity index (χ3n) is 1.83. The van der Waals surface area contributed by atoms with Gasteiger partial charge in [0.25, 0.3) is 0 Å². The minimum Gasteiger partial charge on any atom is -0.513 e. The van der Waals surface area contributed by atoms with Crippen LogP contribution in [0.1, 0.15) is 23.6 Å². The van der Waals surface area contributed by atoms with Gasteiger partial charge >= 0.3 is 0 Å². The minimum atomic E-state index is 0.314. The van der Waals surface area contributed by atoms with Crippen LogP contribution in [0.25, 0.3) is 12.2 Å². The van der Waals surface area contributed by atoms with E-state index in [1.165, 1.54) is 5.56 Å². The van der Waals surface area contributed by atoms with Crippen molar-refractivity contribution in [1.82, 2.24) is 0 Å². The van der Waals surface area contributed by atoms with Gasteiger partial charge in [0.1, 0.15) is 0 Å². The predicted molar refractivity (Wildman–Crippen MR) is 57.5 cm³/mol. The highest BCUT2D eigenvalue weighted by atomic mass is 16.3. The first-order valence-electron chi connectivity index (χ1n) is 4.24. The molecule has 0 aliphatic carbocycles. The van der Waals surface area contributed by atoms with Crippen molar-refractivity contribution in [3.63, 3.8) is 0 Å². The summed E-state index contributed by atoms with van der Waals surface area (Å²) in [6, 6.07) is 6.05. The Bertz CT molecular complexity index is 344. The molecule has 0 fully saturated rings. The van der Waals surface area contributed by atoms with Crippen molar-refractivity contribution >= 4 is 12.2 Å². The van der Waals surface area contributed by atoms with E-state index in [2.05, 4.69) is 6.58 Å². The van der Waals surface area contributed by atoms with Crippen LogP contribution in [-0.2, 0) is 0 Å². The third-order valence-corrected chi connectivity index (χ3v) is 1.83. The Morgan fingerprint density at radius 2 is 2.08 bits per heavy atom. The highest BCUT2D eigenvalue weighted by molar-refractivity contribution is 5.65. The number of hydrogen-bond acceptors (Lipinski definition) is 1. The van der Waals surface area contributed by atoms with Crippen LogP contribution in [0.3, 0.4) is 0 Å². The average Bonchev–Trinajstić information content (AvgIpc) is 2.03. The van der Waals surface area contributed by atoms with Crippen LogP contribution >= 0.6 is 0 Å². The van der Waals surface area contributed by atoms with Crippen LogP contribution in [0.5, 0.6) is 0 Å². The molecule has 1 rings (SSSR count). The summed E-state index contributed by atoms with van der Waals surface area (Å²) in [5.41, 5.74) is 3.23. The van der Waals surface area contributed by atoms with Crippen molar-refractivity contribution in [2.75, 3.05) is 0 Å². The first-order valence-corrected chi connectivity index (χ1v) is 4.24. The Balaban J connectivity index is 3.23. The van der Waals surface area contributed by atoms with Crippen molar-refractivity contribution in [3.8, 4) is 0 Å². The van der Waals surface area contributed by atoms with Gasteiger partial charge in [-0.15, -0.1) is 0 Å². The van der Waals surface area contributed by atoms with Crippen LogP contribution in [0.2, 0.25) is 0 Å². The van der Waals surface area contributed by atoms with Gasteiger partial charge < -0.3 is 5.11 Å². The van der Waals surface area contributed by atoms with E-state index < -0.39 is 0 Å². The lowest BCUT2D eigenvalue weighted by atomic mass is 10.0. The van der Waals surface area contributed by atoms with Crippen molar-refractivity contribution in [1.29, 1.82) is 0 Å². The van der Waals surface area contributed by atoms with E-state index in [4.69, 9.17) is 5.11 Å².